The van der Waals surface area contributed by atoms with Crippen molar-refractivity contribution >= 4 is 17.3 Å². The first-order chi connectivity index (χ1) is 7.65. The van der Waals surface area contributed by atoms with Crippen LogP contribution in [0.1, 0.15) is 0 Å². The van der Waals surface area contributed by atoms with Gasteiger partial charge in [-0.2, -0.15) is 0 Å². The molecule has 1 aromatic carbocycles. The molecule has 1 aromatic heterocycles. The first-order valence-corrected chi connectivity index (χ1v) is 4.45. The molecule has 6 heteroatoms. The fourth-order valence-corrected chi connectivity index (χ4v) is 1.17. The number of nitrogens with zero attached hydrogens (tertiary/aromatic N) is 2. The highest BCUT2D eigenvalue weighted by molar-refractivity contribution is 5.58. The fraction of sp³-hybridized carbons (Fsp3) is 0. The van der Waals surface area contributed by atoms with E-state index in [0.717, 1.165) is 18.2 Å². The van der Waals surface area contributed by atoms with Crippen LogP contribution in [0.3, 0.4) is 0 Å². The summed E-state index contributed by atoms with van der Waals surface area (Å²) in [6.45, 7) is 0. The Morgan fingerprint density at radius 2 is 1.94 bits per heavy atom. The van der Waals surface area contributed by atoms with Gasteiger partial charge in [-0.3, -0.25) is 0 Å². The lowest BCUT2D eigenvalue weighted by Gasteiger charge is -2.06. The minimum absolute atomic E-state index is 0.00176. The minimum Gasteiger partial charge on any atom is -0.384 e. The van der Waals surface area contributed by atoms with Gasteiger partial charge in [0.2, 0.25) is 0 Å². The topological polar surface area (TPSA) is 63.8 Å². The molecule has 0 radical (unpaired) electrons. The van der Waals surface area contributed by atoms with Crippen LogP contribution in [0, 0.1) is 11.6 Å². The Kier molecular flexibility index (Phi) is 2.63. The largest absolute Gasteiger partial charge is 0.384 e. The van der Waals surface area contributed by atoms with Crippen LogP contribution >= 0.6 is 0 Å². The normalized spacial score (nSPS) is 10.1. The number of nitrogen functional groups attached to an aromatic ring is 1. The SMILES string of the molecule is Nc1cc(Nc2cc(F)ccc2F)ncn1. The predicted octanol–water partition coefficient (Wildman–Crippen LogP) is 2.08. The molecular formula is C10H8F2N4. The molecule has 0 saturated carbocycles. The van der Waals surface area contributed by atoms with Gasteiger partial charge in [0.15, 0.2) is 0 Å². The Morgan fingerprint density at radius 3 is 2.69 bits per heavy atom. The van der Waals surface area contributed by atoms with Gasteiger partial charge in [-0.1, -0.05) is 0 Å². The highest BCUT2D eigenvalue weighted by Crippen LogP contribution is 2.19. The second-order valence-electron chi connectivity index (χ2n) is 3.08. The zero-order chi connectivity index (χ0) is 11.5. The van der Waals surface area contributed by atoms with Crippen LogP contribution in [-0.2, 0) is 0 Å². The van der Waals surface area contributed by atoms with Gasteiger partial charge in [0.05, 0.1) is 5.69 Å². The summed E-state index contributed by atoms with van der Waals surface area (Å²) < 4.78 is 26.1. The van der Waals surface area contributed by atoms with E-state index < -0.39 is 11.6 Å². The highest BCUT2D eigenvalue weighted by atomic mass is 19.1. The molecule has 0 unspecified atom stereocenters. The van der Waals surface area contributed by atoms with Gasteiger partial charge in [-0.15, -0.1) is 0 Å². The zero-order valence-electron chi connectivity index (χ0n) is 8.11. The maximum Gasteiger partial charge on any atom is 0.146 e. The van der Waals surface area contributed by atoms with Gasteiger partial charge in [-0.05, 0) is 12.1 Å². The van der Waals surface area contributed by atoms with Gasteiger partial charge < -0.3 is 11.1 Å². The second-order valence-corrected chi connectivity index (χ2v) is 3.08. The van der Waals surface area contributed by atoms with E-state index in [-0.39, 0.29) is 11.5 Å². The Balaban J connectivity index is 2.30. The van der Waals surface area contributed by atoms with Crippen LogP contribution in [0.4, 0.5) is 26.1 Å². The number of hydrogen-bond acceptors (Lipinski definition) is 4. The van der Waals surface area contributed by atoms with E-state index in [1.54, 1.807) is 0 Å². The maximum absolute atomic E-state index is 13.3. The number of nitrogens with two attached hydrogens (primary N) is 1. The summed E-state index contributed by atoms with van der Waals surface area (Å²) in [5, 5.41) is 2.61. The van der Waals surface area contributed by atoms with E-state index in [1.165, 1.54) is 12.4 Å². The van der Waals surface area contributed by atoms with Crippen molar-refractivity contribution in [2.24, 2.45) is 0 Å². The van der Waals surface area contributed by atoms with E-state index in [1.807, 2.05) is 0 Å². The van der Waals surface area contributed by atoms with Gasteiger partial charge in [-0.25, -0.2) is 18.7 Å². The van der Waals surface area contributed by atoms with Crippen molar-refractivity contribution in [3.05, 3.63) is 42.2 Å². The number of halogens is 2. The average molecular weight is 222 g/mol. The molecular weight excluding hydrogens is 214 g/mol. The molecule has 2 rings (SSSR count). The van der Waals surface area contributed by atoms with Gasteiger partial charge in [0, 0.05) is 12.1 Å². The van der Waals surface area contributed by atoms with Crippen molar-refractivity contribution in [1.29, 1.82) is 0 Å². The van der Waals surface area contributed by atoms with Crippen molar-refractivity contribution in [1.82, 2.24) is 9.97 Å². The number of nitrogens with one attached hydrogen (secondary N) is 1. The monoisotopic (exact) mass is 222 g/mol. The molecule has 82 valence electrons. The summed E-state index contributed by atoms with van der Waals surface area (Å²) in [6, 6.07) is 4.52. The van der Waals surface area contributed by atoms with Gasteiger partial charge >= 0.3 is 0 Å². The van der Waals surface area contributed by atoms with Crippen molar-refractivity contribution in [3.63, 3.8) is 0 Å². The summed E-state index contributed by atoms with van der Waals surface area (Å²) in [4.78, 5) is 7.49. The van der Waals surface area contributed by atoms with Crippen molar-refractivity contribution in [2.45, 2.75) is 0 Å². The fourth-order valence-electron chi connectivity index (χ4n) is 1.17. The molecule has 0 bridgehead atoms. The Labute approximate surface area is 90.1 Å². The number of anilines is 3. The zero-order valence-corrected chi connectivity index (χ0v) is 8.11. The summed E-state index contributed by atoms with van der Waals surface area (Å²) >= 11 is 0. The van der Waals surface area contributed by atoms with E-state index in [2.05, 4.69) is 15.3 Å². The molecule has 0 amide bonds. The summed E-state index contributed by atoms with van der Waals surface area (Å²) in [7, 11) is 0. The molecule has 0 fully saturated rings. The highest BCUT2D eigenvalue weighted by Gasteiger charge is 2.04. The van der Waals surface area contributed by atoms with Crippen LogP contribution in [-0.4, -0.2) is 9.97 Å². The third-order valence-corrected chi connectivity index (χ3v) is 1.88. The Hall–Kier alpha value is -2.24. The second kappa shape index (κ2) is 4.09. The van der Waals surface area contributed by atoms with Crippen LogP contribution in [0.5, 0.6) is 0 Å². The standard InChI is InChI=1S/C10H8F2N4/c11-6-1-2-7(12)8(3-6)16-10-4-9(13)14-5-15-10/h1-5H,(H3,13,14,15,16). The number of rotatable bonds is 2. The molecule has 3 N–H and O–H groups in total. The first-order valence-electron chi connectivity index (χ1n) is 4.45. The molecule has 0 aliphatic rings. The van der Waals surface area contributed by atoms with Crippen LogP contribution in [0.15, 0.2) is 30.6 Å². The lowest BCUT2D eigenvalue weighted by molar-refractivity contribution is 0.603. The third-order valence-electron chi connectivity index (χ3n) is 1.88. The number of benzene rings is 1. The molecule has 0 atom stereocenters. The minimum atomic E-state index is -0.571. The van der Waals surface area contributed by atoms with E-state index in [4.69, 9.17) is 5.73 Å². The number of hydrogen-bond donors (Lipinski definition) is 2. The smallest absolute Gasteiger partial charge is 0.146 e. The Bertz CT molecular complexity index is 516. The summed E-state index contributed by atoms with van der Waals surface area (Å²) in [5.74, 6) is -0.559. The molecule has 4 nitrogen and oxygen atoms in total. The van der Waals surface area contributed by atoms with E-state index >= 15 is 0 Å². The predicted molar refractivity (Wildman–Crippen MR) is 56.1 cm³/mol. The average Bonchev–Trinajstić information content (AvgIpc) is 2.24. The van der Waals surface area contributed by atoms with Gasteiger partial charge in [0.1, 0.15) is 29.6 Å². The molecule has 2 aromatic rings. The van der Waals surface area contributed by atoms with Crippen molar-refractivity contribution in [2.75, 3.05) is 11.1 Å². The lowest BCUT2D eigenvalue weighted by Crippen LogP contribution is -1.99. The molecule has 0 aliphatic heterocycles. The summed E-state index contributed by atoms with van der Waals surface area (Å²) in [5.41, 5.74) is 5.42. The van der Waals surface area contributed by atoms with Crippen molar-refractivity contribution < 1.29 is 8.78 Å². The van der Waals surface area contributed by atoms with Crippen LogP contribution in [0.2, 0.25) is 0 Å². The summed E-state index contributed by atoms with van der Waals surface area (Å²) in [6.07, 6.45) is 1.23. The van der Waals surface area contributed by atoms with Crippen LogP contribution in [0.25, 0.3) is 0 Å². The van der Waals surface area contributed by atoms with Crippen LogP contribution < -0.4 is 11.1 Å². The molecule has 0 aliphatic carbocycles. The molecule has 16 heavy (non-hydrogen) atoms. The van der Waals surface area contributed by atoms with E-state index in [0.29, 0.717) is 5.82 Å². The maximum atomic E-state index is 13.3. The van der Waals surface area contributed by atoms with E-state index in [9.17, 15) is 8.78 Å². The first kappa shape index (κ1) is 10.3. The van der Waals surface area contributed by atoms with Crippen molar-refractivity contribution in [3.8, 4) is 0 Å². The molecule has 0 saturated heterocycles. The van der Waals surface area contributed by atoms with Gasteiger partial charge in [0.25, 0.3) is 0 Å². The Morgan fingerprint density at radius 1 is 1.12 bits per heavy atom. The molecule has 0 spiro atoms. The lowest BCUT2D eigenvalue weighted by atomic mass is 10.3. The molecule has 1 heterocycles. The quantitative estimate of drug-likeness (QED) is 0.816. The number of aromatic nitrogens is 2. The third kappa shape index (κ3) is 2.22.